The predicted molar refractivity (Wildman–Crippen MR) is 379 cm³/mol. The van der Waals surface area contributed by atoms with Gasteiger partial charge in [0.25, 0.3) is 0 Å². The van der Waals surface area contributed by atoms with Gasteiger partial charge >= 0.3 is 5.97 Å². The average Bonchev–Trinajstić information content (AvgIpc) is 3.53. The molecule has 508 valence electrons. The molecule has 2 unspecified atom stereocenters. The number of allylic oxidation sites excluding steroid dienone is 6. The summed E-state index contributed by atoms with van der Waals surface area (Å²) in [5, 5.41) is 23.3. The lowest BCUT2D eigenvalue weighted by atomic mass is 10.0. The van der Waals surface area contributed by atoms with Crippen LogP contribution in [0.5, 0.6) is 0 Å². The lowest BCUT2D eigenvalue weighted by molar-refractivity contribution is -0.143. The van der Waals surface area contributed by atoms with Crippen LogP contribution < -0.4 is 5.32 Å². The molecule has 0 bridgehead atoms. The topological polar surface area (TPSA) is 95.9 Å². The van der Waals surface area contributed by atoms with E-state index in [-0.39, 0.29) is 18.5 Å². The molecule has 2 atom stereocenters. The molecule has 6 heteroatoms. The van der Waals surface area contributed by atoms with E-state index in [1.54, 1.807) is 0 Å². The van der Waals surface area contributed by atoms with Crippen LogP contribution in [0.25, 0.3) is 0 Å². The molecule has 0 aromatic rings. The number of hydrogen-bond donors (Lipinski definition) is 3. The molecule has 0 aliphatic heterocycles. The standard InChI is InChI=1S/C80H153NO5/c1-3-5-7-9-11-13-15-17-18-19-44-47-50-54-58-62-66-70-74-80(85)86-75-71-67-63-59-55-51-48-45-42-40-38-36-34-32-30-28-26-24-22-20-21-23-25-27-29-31-33-35-37-39-41-43-46-49-53-57-61-65-69-73-79(84)81-77(76-82)78(83)72-68-64-60-56-52-16-14-12-10-8-6-4-2/h13,15,18-21,77-78,82-83H,3-12,14,16-17,22-76H2,1-2H3,(H,81,84)/b15-13-,19-18-,21-20-. The van der Waals surface area contributed by atoms with Crippen molar-refractivity contribution < 1.29 is 24.5 Å². The first-order valence-electron chi connectivity index (χ1n) is 39.2. The van der Waals surface area contributed by atoms with E-state index in [1.807, 2.05) is 0 Å². The van der Waals surface area contributed by atoms with Crippen LogP contribution in [-0.2, 0) is 14.3 Å². The highest BCUT2D eigenvalue weighted by Gasteiger charge is 2.20. The number of aliphatic hydroxyl groups is 2. The fraction of sp³-hybridized carbons (Fsp3) is 0.900. The summed E-state index contributed by atoms with van der Waals surface area (Å²) in [5.41, 5.74) is 0. The molecule has 0 aromatic carbocycles. The van der Waals surface area contributed by atoms with E-state index < -0.39 is 12.1 Å². The van der Waals surface area contributed by atoms with Crippen molar-refractivity contribution in [1.82, 2.24) is 5.32 Å². The number of carbonyl (C=O) groups is 2. The number of amides is 1. The maximum atomic E-state index is 12.5. The zero-order valence-corrected chi connectivity index (χ0v) is 58.3. The van der Waals surface area contributed by atoms with Gasteiger partial charge in [0, 0.05) is 12.8 Å². The molecule has 0 radical (unpaired) electrons. The highest BCUT2D eigenvalue weighted by atomic mass is 16.5. The monoisotopic (exact) mass is 1210 g/mol. The van der Waals surface area contributed by atoms with E-state index in [1.165, 1.54) is 353 Å². The zero-order chi connectivity index (χ0) is 62.0. The maximum absolute atomic E-state index is 12.5. The van der Waals surface area contributed by atoms with Crippen LogP contribution in [0.4, 0.5) is 0 Å². The maximum Gasteiger partial charge on any atom is 0.305 e. The molecule has 0 heterocycles. The summed E-state index contributed by atoms with van der Waals surface area (Å²) in [6, 6.07) is -0.537. The highest BCUT2D eigenvalue weighted by Crippen LogP contribution is 2.20. The highest BCUT2D eigenvalue weighted by molar-refractivity contribution is 5.76. The number of aliphatic hydroxyl groups excluding tert-OH is 2. The number of ether oxygens (including phenoxy) is 1. The van der Waals surface area contributed by atoms with Crippen LogP contribution in [0.2, 0.25) is 0 Å². The first-order chi connectivity index (χ1) is 42.5. The Bertz CT molecular complexity index is 1390. The van der Waals surface area contributed by atoms with Crippen LogP contribution >= 0.6 is 0 Å². The minimum absolute atomic E-state index is 0.0156. The molecule has 86 heavy (non-hydrogen) atoms. The van der Waals surface area contributed by atoms with Crippen LogP contribution in [-0.4, -0.2) is 47.4 Å². The Hall–Kier alpha value is -1.92. The number of rotatable bonds is 74. The van der Waals surface area contributed by atoms with Gasteiger partial charge in [0.15, 0.2) is 0 Å². The summed E-state index contributed by atoms with van der Waals surface area (Å²) in [6.07, 6.45) is 98.2. The third-order valence-electron chi connectivity index (χ3n) is 18.4. The Kier molecular flexibility index (Phi) is 73.9. The second kappa shape index (κ2) is 75.5. The predicted octanol–water partition coefficient (Wildman–Crippen LogP) is 25.8. The Balaban J connectivity index is 3.30. The average molecular weight is 1210 g/mol. The van der Waals surface area contributed by atoms with E-state index in [0.29, 0.717) is 25.9 Å². The van der Waals surface area contributed by atoms with Gasteiger partial charge in [-0.2, -0.15) is 0 Å². The zero-order valence-electron chi connectivity index (χ0n) is 58.3. The second-order valence-corrected chi connectivity index (χ2v) is 27.0. The third kappa shape index (κ3) is 71.2. The van der Waals surface area contributed by atoms with Crippen LogP contribution in [0.1, 0.15) is 438 Å². The second-order valence-electron chi connectivity index (χ2n) is 27.0. The van der Waals surface area contributed by atoms with Crippen molar-refractivity contribution in [3.8, 4) is 0 Å². The van der Waals surface area contributed by atoms with Crippen molar-refractivity contribution >= 4 is 11.9 Å². The minimum atomic E-state index is -0.660. The number of unbranched alkanes of at least 4 members (excludes halogenated alkanes) is 57. The van der Waals surface area contributed by atoms with Crippen molar-refractivity contribution in [2.45, 2.75) is 450 Å². The summed E-state index contributed by atoms with van der Waals surface area (Å²) >= 11 is 0. The van der Waals surface area contributed by atoms with Gasteiger partial charge in [-0.1, -0.05) is 378 Å². The molecule has 0 aliphatic rings. The van der Waals surface area contributed by atoms with E-state index in [0.717, 1.165) is 51.4 Å². The molecule has 0 rings (SSSR count). The molecule has 6 nitrogen and oxygen atoms in total. The fourth-order valence-corrected chi connectivity index (χ4v) is 12.4. The van der Waals surface area contributed by atoms with Crippen LogP contribution in [0.3, 0.4) is 0 Å². The van der Waals surface area contributed by atoms with Gasteiger partial charge in [-0.3, -0.25) is 9.59 Å². The summed E-state index contributed by atoms with van der Waals surface area (Å²) < 4.78 is 5.51. The Morgan fingerprint density at radius 3 is 0.907 bits per heavy atom. The molecule has 0 aromatic heterocycles. The first kappa shape index (κ1) is 84.1. The van der Waals surface area contributed by atoms with Crippen LogP contribution in [0, 0.1) is 0 Å². The van der Waals surface area contributed by atoms with E-state index in [4.69, 9.17) is 4.74 Å². The minimum Gasteiger partial charge on any atom is -0.466 e. The number of carbonyl (C=O) groups excluding carboxylic acids is 2. The molecule has 0 aliphatic carbocycles. The smallest absolute Gasteiger partial charge is 0.305 e. The summed E-state index contributed by atoms with van der Waals surface area (Å²) in [7, 11) is 0. The quantitative estimate of drug-likeness (QED) is 0.0320. The number of hydrogen-bond acceptors (Lipinski definition) is 5. The van der Waals surface area contributed by atoms with Crippen molar-refractivity contribution in [2.24, 2.45) is 0 Å². The van der Waals surface area contributed by atoms with Gasteiger partial charge < -0.3 is 20.3 Å². The Labute approximate surface area is 538 Å². The van der Waals surface area contributed by atoms with Gasteiger partial charge in [0.2, 0.25) is 5.91 Å². The van der Waals surface area contributed by atoms with Gasteiger partial charge in [0.1, 0.15) is 0 Å². The summed E-state index contributed by atoms with van der Waals surface area (Å²) in [5.74, 6) is -0.0132. The van der Waals surface area contributed by atoms with Crippen molar-refractivity contribution in [1.29, 1.82) is 0 Å². The molecular weight excluding hydrogens is 1050 g/mol. The van der Waals surface area contributed by atoms with Gasteiger partial charge in [0.05, 0.1) is 25.4 Å². The lowest BCUT2D eigenvalue weighted by Crippen LogP contribution is -2.45. The molecule has 0 spiro atoms. The summed E-state index contributed by atoms with van der Waals surface area (Å²) in [6.45, 7) is 4.96. The van der Waals surface area contributed by atoms with E-state index >= 15 is 0 Å². The third-order valence-corrected chi connectivity index (χ3v) is 18.4. The van der Waals surface area contributed by atoms with Crippen molar-refractivity contribution in [2.75, 3.05) is 13.2 Å². The van der Waals surface area contributed by atoms with Crippen molar-refractivity contribution in [3.63, 3.8) is 0 Å². The Morgan fingerprint density at radius 2 is 0.581 bits per heavy atom. The van der Waals surface area contributed by atoms with E-state index in [2.05, 4.69) is 55.6 Å². The molecule has 3 N–H and O–H groups in total. The first-order valence-corrected chi connectivity index (χ1v) is 39.2. The Morgan fingerprint density at radius 1 is 0.326 bits per heavy atom. The number of nitrogens with one attached hydrogen (secondary N) is 1. The van der Waals surface area contributed by atoms with Crippen LogP contribution in [0.15, 0.2) is 36.5 Å². The summed E-state index contributed by atoms with van der Waals surface area (Å²) in [4.78, 5) is 24.6. The molecular formula is C80H153NO5. The number of esters is 1. The van der Waals surface area contributed by atoms with Gasteiger partial charge in [-0.05, 0) is 83.5 Å². The molecule has 0 saturated carbocycles. The largest absolute Gasteiger partial charge is 0.466 e. The van der Waals surface area contributed by atoms with Crippen molar-refractivity contribution in [3.05, 3.63) is 36.5 Å². The molecule has 1 amide bonds. The van der Waals surface area contributed by atoms with Gasteiger partial charge in [-0.15, -0.1) is 0 Å². The SMILES string of the molecule is CCCCCC/C=C\C/C=C\CCCCCCCCCC(=O)OCCCCCCCCCCCCCCCCCCCC/C=C\CCCCCCCCCCCCCCCCCCCC(=O)NC(CO)C(O)CCCCCCCCCCCCCC. The molecule has 0 fully saturated rings. The van der Waals surface area contributed by atoms with E-state index in [9.17, 15) is 19.8 Å². The molecule has 0 saturated heterocycles. The van der Waals surface area contributed by atoms with Gasteiger partial charge in [-0.25, -0.2) is 0 Å². The fourth-order valence-electron chi connectivity index (χ4n) is 12.4. The lowest BCUT2D eigenvalue weighted by Gasteiger charge is -2.22. The normalized spacial score (nSPS) is 12.7.